The number of anilines is 1. The van der Waals surface area contributed by atoms with Crippen molar-refractivity contribution in [1.29, 1.82) is 0 Å². The van der Waals surface area contributed by atoms with Crippen molar-refractivity contribution in [3.05, 3.63) is 28.3 Å². The van der Waals surface area contributed by atoms with Gasteiger partial charge >= 0.3 is 5.97 Å². The van der Waals surface area contributed by atoms with Crippen LogP contribution in [0.1, 0.15) is 51.9 Å². The third-order valence-electron chi connectivity index (χ3n) is 7.01. The Hall–Kier alpha value is -2.64. The molecule has 8 nitrogen and oxygen atoms in total. The van der Waals surface area contributed by atoms with Crippen LogP contribution in [0.2, 0.25) is 0 Å². The highest BCUT2D eigenvalue weighted by Gasteiger charge is 2.51. The lowest BCUT2D eigenvalue weighted by atomic mass is 9.49. The monoisotopic (exact) mass is 416 g/mol. The van der Waals surface area contributed by atoms with E-state index in [-0.39, 0.29) is 22.8 Å². The van der Waals surface area contributed by atoms with E-state index in [0.717, 1.165) is 37.0 Å². The summed E-state index contributed by atoms with van der Waals surface area (Å²) in [5.41, 5.74) is 0.0453. The molecule has 1 N–H and O–H groups in total. The molecule has 0 spiro atoms. The summed E-state index contributed by atoms with van der Waals surface area (Å²) in [6.45, 7) is 1.51. The minimum atomic E-state index is -1.00. The van der Waals surface area contributed by atoms with E-state index >= 15 is 0 Å². The lowest BCUT2D eigenvalue weighted by Crippen LogP contribution is -2.47. The van der Waals surface area contributed by atoms with Gasteiger partial charge in [0.25, 0.3) is 11.6 Å². The van der Waals surface area contributed by atoms with Crippen LogP contribution in [0.15, 0.2) is 18.2 Å². The molecule has 5 rings (SSSR count). The van der Waals surface area contributed by atoms with Crippen molar-refractivity contribution in [3.8, 4) is 5.75 Å². The maximum atomic E-state index is 12.6. The molecule has 0 saturated heterocycles. The molecule has 0 aromatic heterocycles. The summed E-state index contributed by atoms with van der Waals surface area (Å²) in [5.74, 6) is 1.63. The standard InChI is InChI=1S/C22H28N2O6/c1-13(21(26)23-18-8-17(24(27)28)3-4-19(18)29-2)30-20(25)12-22-9-14-5-15(10-22)7-16(6-14)11-22/h3-4,8,13-16H,5-7,9-12H2,1-2H3,(H,23,26)/t13-,14?,15?,16?,22?/m1/s1. The van der Waals surface area contributed by atoms with Gasteiger partial charge in [-0.05, 0) is 74.7 Å². The molecule has 4 aliphatic carbocycles. The topological polar surface area (TPSA) is 108 Å². The number of nitrogens with one attached hydrogen (secondary N) is 1. The maximum Gasteiger partial charge on any atom is 0.307 e. The summed E-state index contributed by atoms with van der Waals surface area (Å²) in [6.07, 6.45) is 6.57. The third-order valence-corrected chi connectivity index (χ3v) is 7.01. The number of benzene rings is 1. The number of hydrogen-bond acceptors (Lipinski definition) is 6. The zero-order chi connectivity index (χ0) is 21.5. The highest BCUT2D eigenvalue weighted by atomic mass is 16.6. The van der Waals surface area contributed by atoms with Crippen molar-refractivity contribution in [3.63, 3.8) is 0 Å². The molecule has 1 atom stereocenters. The van der Waals surface area contributed by atoms with Gasteiger partial charge in [0.05, 0.1) is 24.1 Å². The smallest absolute Gasteiger partial charge is 0.307 e. The number of ether oxygens (including phenoxy) is 2. The minimum Gasteiger partial charge on any atom is -0.495 e. The Bertz CT molecular complexity index is 832. The van der Waals surface area contributed by atoms with Crippen LogP contribution in [0, 0.1) is 33.3 Å². The molecule has 0 heterocycles. The molecule has 0 unspecified atom stereocenters. The Morgan fingerprint density at radius 1 is 1.20 bits per heavy atom. The number of methoxy groups -OCH3 is 1. The highest BCUT2D eigenvalue weighted by molar-refractivity contribution is 5.96. The van der Waals surface area contributed by atoms with E-state index < -0.39 is 16.9 Å². The predicted octanol–water partition coefficient (Wildman–Crippen LogP) is 4.08. The van der Waals surface area contributed by atoms with Gasteiger partial charge in [0.1, 0.15) is 5.75 Å². The molecule has 0 radical (unpaired) electrons. The number of non-ortho nitro benzene ring substituents is 1. The molecule has 1 aromatic rings. The number of nitrogens with zero attached hydrogens (tertiary/aromatic N) is 1. The van der Waals surface area contributed by atoms with Crippen LogP contribution in [0.3, 0.4) is 0 Å². The fourth-order valence-corrected chi connectivity index (χ4v) is 6.25. The lowest BCUT2D eigenvalue weighted by Gasteiger charge is -2.56. The first-order chi connectivity index (χ1) is 14.3. The molecule has 0 aliphatic heterocycles. The molecule has 4 aliphatic rings. The number of nitro benzene ring substituents is 1. The van der Waals surface area contributed by atoms with Crippen molar-refractivity contribution in [1.82, 2.24) is 0 Å². The van der Waals surface area contributed by atoms with E-state index in [2.05, 4.69) is 5.32 Å². The van der Waals surface area contributed by atoms with Crippen molar-refractivity contribution in [2.45, 2.75) is 58.0 Å². The maximum absolute atomic E-state index is 12.6. The molecule has 4 bridgehead atoms. The molecule has 162 valence electrons. The average Bonchev–Trinajstić information content (AvgIpc) is 2.66. The van der Waals surface area contributed by atoms with Crippen LogP contribution in [-0.2, 0) is 14.3 Å². The van der Waals surface area contributed by atoms with Gasteiger partial charge in [-0.3, -0.25) is 19.7 Å². The normalized spacial score (nSPS) is 29.9. The number of carbonyl (C=O) groups excluding carboxylic acids is 2. The Balaban J connectivity index is 1.36. The van der Waals surface area contributed by atoms with Gasteiger partial charge in [-0.2, -0.15) is 0 Å². The second kappa shape index (κ2) is 7.89. The average molecular weight is 416 g/mol. The zero-order valence-corrected chi connectivity index (χ0v) is 17.4. The Morgan fingerprint density at radius 2 is 1.80 bits per heavy atom. The summed E-state index contributed by atoms with van der Waals surface area (Å²) in [7, 11) is 1.41. The summed E-state index contributed by atoms with van der Waals surface area (Å²) in [4.78, 5) is 35.6. The van der Waals surface area contributed by atoms with Gasteiger partial charge in [0.2, 0.25) is 0 Å². The largest absolute Gasteiger partial charge is 0.495 e. The van der Waals surface area contributed by atoms with E-state index in [1.807, 2.05) is 0 Å². The Morgan fingerprint density at radius 3 is 2.33 bits per heavy atom. The summed E-state index contributed by atoms with van der Waals surface area (Å²) < 4.78 is 10.6. The van der Waals surface area contributed by atoms with Gasteiger partial charge in [0, 0.05) is 12.1 Å². The first kappa shape index (κ1) is 20.6. The summed E-state index contributed by atoms with van der Waals surface area (Å²) in [5, 5.41) is 13.6. The highest BCUT2D eigenvalue weighted by Crippen LogP contribution is 2.61. The number of amides is 1. The van der Waals surface area contributed by atoms with Gasteiger partial charge in [-0.1, -0.05) is 0 Å². The van der Waals surface area contributed by atoms with Crippen molar-refractivity contribution in [2.75, 3.05) is 12.4 Å². The molecular formula is C22H28N2O6. The predicted molar refractivity (Wildman–Crippen MR) is 109 cm³/mol. The van der Waals surface area contributed by atoms with Crippen molar-refractivity contribution in [2.24, 2.45) is 23.2 Å². The van der Waals surface area contributed by atoms with Crippen LogP contribution >= 0.6 is 0 Å². The third kappa shape index (κ3) is 4.13. The Labute approximate surface area is 175 Å². The van der Waals surface area contributed by atoms with E-state index in [1.165, 1.54) is 51.5 Å². The van der Waals surface area contributed by atoms with Crippen LogP contribution in [0.4, 0.5) is 11.4 Å². The second-order valence-corrected chi connectivity index (χ2v) is 9.36. The first-order valence-electron chi connectivity index (χ1n) is 10.6. The van der Waals surface area contributed by atoms with Gasteiger partial charge in [0.15, 0.2) is 6.10 Å². The zero-order valence-electron chi connectivity index (χ0n) is 17.4. The van der Waals surface area contributed by atoms with E-state index in [0.29, 0.717) is 12.2 Å². The van der Waals surface area contributed by atoms with Gasteiger partial charge in [-0.15, -0.1) is 0 Å². The van der Waals surface area contributed by atoms with E-state index in [1.54, 1.807) is 0 Å². The van der Waals surface area contributed by atoms with Crippen LogP contribution < -0.4 is 10.1 Å². The number of carbonyl (C=O) groups is 2. The van der Waals surface area contributed by atoms with E-state index in [4.69, 9.17) is 9.47 Å². The molecule has 4 saturated carbocycles. The van der Waals surface area contributed by atoms with Gasteiger partial charge in [-0.25, -0.2) is 0 Å². The quantitative estimate of drug-likeness (QED) is 0.408. The summed E-state index contributed by atoms with van der Waals surface area (Å²) in [6, 6.07) is 3.93. The minimum absolute atomic E-state index is 0.0469. The fourth-order valence-electron chi connectivity index (χ4n) is 6.25. The number of esters is 1. The van der Waals surface area contributed by atoms with E-state index in [9.17, 15) is 19.7 Å². The van der Waals surface area contributed by atoms with Crippen molar-refractivity contribution < 1.29 is 24.0 Å². The lowest BCUT2D eigenvalue weighted by molar-refractivity contribution is -0.384. The Kier molecular flexibility index (Phi) is 5.42. The first-order valence-corrected chi connectivity index (χ1v) is 10.6. The second-order valence-electron chi connectivity index (χ2n) is 9.36. The van der Waals surface area contributed by atoms with Crippen LogP contribution in [0.25, 0.3) is 0 Å². The molecule has 8 heteroatoms. The number of rotatable bonds is 7. The number of nitro groups is 1. The SMILES string of the molecule is COc1ccc([N+](=O)[O-])cc1NC(=O)[C@@H](C)OC(=O)CC12CC3CC(CC(C3)C1)C2. The molecular weight excluding hydrogens is 388 g/mol. The molecule has 1 aromatic carbocycles. The number of hydrogen-bond donors (Lipinski definition) is 1. The molecule has 1 amide bonds. The van der Waals surface area contributed by atoms with Gasteiger partial charge < -0.3 is 14.8 Å². The molecule has 4 fully saturated rings. The van der Waals surface area contributed by atoms with Crippen LogP contribution in [0.5, 0.6) is 5.75 Å². The van der Waals surface area contributed by atoms with Crippen molar-refractivity contribution >= 4 is 23.3 Å². The van der Waals surface area contributed by atoms with Crippen LogP contribution in [-0.4, -0.2) is 30.0 Å². The fraction of sp³-hybridized carbons (Fsp3) is 0.636. The summed E-state index contributed by atoms with van der Waals surface area (Å²) >= 11 is 0. The molecule has 30 heavy (non-hydrogen) atoms.